The molecule has 7 heteroatoms. The average molecular weight is 362 g/mol. The summed E-state index contributed by atoms with van der Waals surface area (Å²) < 4.78 is 5.59. The number of amides is 2. The van der Waals surface area contributed by atoms with Gasteiger partial charge >= 0.3 is 0 Å². The zero-order valence-electron chi connectivity index (χ0n) is 13.9. The second-order valence-electron chi connectivity index (χ2n) is 5.50. The number of nitrogens with one attached hydrogen (secondary N) is 1. The fourth-order valence-electron chi connectivity index (χ4n) is 2.17. The molecule has 0 fully saturated rings. The van der Waals surface area contributed by atoms with Crippen molar-refractivity contribution in [3.05, 3.63) is 59.1 Å². The number of nitrogens with zero attached hydrogens (tertiary/aromatic N) is 1. The van der Waals surface area contributed by atoms with Crippen molar-refractivity contribution >= 4 is 29.1 Å². The number of carbonyl (C=O) groups is 2. The Labute approximate surface area is 151 Å². The molecule has 0 aliphatic heterocycles. The summed E-state index contributed by atoms with van der Waals surface area (Å²) in [5.41, 5.74) is 5.99. The van der Waals surface area contributed by atoms with Gasteiger partial charge in [0.15, 0.2) is 0 Å². The van der Waals surface area contributed by atoms with Crippen LogP contribution in [0.15, 0.2) is 48.5 Å². The molecule has 25 heavy (non-hydrogen) atoms. The largest absolute Gasteiger partial charge is 0.492 e. The lowest BCUT2D eigenvalue weighted by Gasteiger charge is -2.17. The van der Waals surface area contributed by atoms with E-state index in [-0.39, 0.29) is 18.0 Å². The summed E-state index contributed by atoms with van der Waals surface area (Å²) >= 11 is 5.81. The molecule has 2 rings (SSSR count). The zero-order chi connectivity index (χ0) is 18.2. The predicted octanol–water partition coefficient (Wildman–Crippen LogP) is 2.39. The van der Waals surface area contributed by atoms with Crippen LogP contribution in [0.4, 0.5) is 5.69 Å². The molecule has 0 heterocycles. The number of benzene rings is 2. The number of carbonyl (C=O) groups excluding carboxylic acids is 2. The van der Waals surface area contributed by atoms with Crippen molar-refractivity contribution < 1.29 is 14.3 Å². The van der Waals surface area contributed by atoms with Crippen LogP contribution in [0.25, 0.3) is 0 Å². The maximum Gasteiger partial charge on any atom is 0.250 e. The van der Waals surface area contributed by atoms with Gasteiger partial charge in [0.1, 0.15) is 12.4 Å². The van der Waals surface area contributed by atoms with Crippen molar-refractivity contribution in [2.75, 3.05) is 32.1 Å². The average Bonchev–Trinajstić information content (AvgIpc) is 2.57. The van der Waals surface area contributed by atoms with Crippen molar-refractivity contribution in [1.82, 2.24) is 4.90 Å². The van der Waals surface area contributed by atoms with Crippen LogP contribution in [-0.4, -0.2) is 43.5 Å². The van der Waals surface area contributed by atoms with Gasteiger partial charge in [0.2, 0.25) is 5.91 Å². The van der Waals surface area contributed by atoms with Crippen LogP contribution in [0.1, 0.15) is 10.4 Å². The Hall–Kier alpha value is -2.57. The third kappa shape index (κ3) is 6.10. The van der Waals surface area contributed by atoms with Crippen molar-refractivity contribution in [2.24, 2.45) is 5.73 Å². The van der Waals surface area contributed by atoms with Crippen LogP contribution in [0.2, 0.25) is 5.02 Å². The van der Waals surface area contributed by atoms with E-state index < -0.39 is 5.91 Å². The number of likely N-dealkylation sites (N-methyl/N-ethyl adjacent to an activating group) is 1. The molecule has 0 aliphatic rings. The highest BCUT2D eigenvalue weighted by molar-refractivity contribution is 6.30. The van der Waals surface area contributed by atoms with Gasteiger partial charge < -0.3 is 15.8 Å². The molecule has 2 aromatic rings. The molecule has 0 radical (unpaired) electrons. The highest BCUT2D eigenvalue weighted by Crippen LogP contribution is 2.15. The second kappa shape index (κ2) is 9.05. The molecule has 0 aromatic heterocycles. The first-order valence-corrected chi connectivity index (χ1v) is 8.09. The van der Waals surface area contributed by atoms with E-state index in [1.807, 2.05) is 11.9 Å². The monoisotopic (exact) mass is 361 g/mol. The lowest BCUT2D eigenvalue weighted by molar-refractivity contribution is -0.117. The van der Waals surface area contributed by atoms with Gasteiger partial charge in [0.25, 0.3) is 5.91 Å². The molecule has 0 spiro atoms. The summed E-state index contributed by atoms with van der Waals surface area (Å²) in [6.07, 6.45) is 0. The van der Waals surface area contributed by atoms with Gasteiger partial charge in [-0.25, -0.2) is 0 Å². The Kier molecular flexibility index (Phi) is 6.80. The third-order valence-electron chi connectivity index (χ3n) is 3.44. The van der Waals surface area contributed by atoms with E-state index in [4.69, 9.17) is 22.1 Å². The fourth-order valence-corrected chi connectivity index (χ4v) is 2.30. The van der Waals surface area contributed by atoms with E-state index in [0.29, 0.717) is 23.9 Å². The van der Waals surface area contributed by atoms with E-state index in [9.17, 15) is 9.59 Å². The molecule has 6 nitrogen and oxygen atoms in total. The van der Waals surface area contributed by atoms with Gasteiger partial charge in [0.05, 0.1) is 17.8 Å². The Bertz CT molecular complexity index is 735. The van der Waals surface area contributed by atoms with Crippen LogP contribution in [0.3, 0.4) is 0 Å². The molecule has 0 bridgehead atoms. The van der Waals surface area contributed by atoms with Gasteiger partial charge in [-0.1, -0.05) is 23.7 Å². The summed E-state index contributed by atoms with van der Waals surface area (Å²) in [6.45, 7) is 1.16. The van der Waals surface area contributed by atoms with Gasteiger partial charge in [-0.15, -0.1) is 0 Å². The minimum Gasteiger partial charge on any atom is -0.492 e. The maximum absolute atomic E-state index is 12.1. The topological polar surface area (TPSA) is 84.7 Å². The smallest absolute Gasteiger partial charge is 0.250 e. The molecular weight excluding hydrogens is 342 g/mol. The minimum absolute atomic E-state index is 0.164. The van der Waals surface area contributed by atoms with E-state index in [1.165, 1.54) is 0 Å². The van der Waals surface area contributed by atoms with E-state index in [2.05, 4.69) is 5.32 Å². The van der Waals surface area contributed by atoms with Crippen molar-refractivity contribution in [3.8, 4) is 5.75 Å². The van der Waals surface area contributed by atoms with Gasteiger partial charge in [-0.05, 0) is 43.4 Å². The Morgan fingerprint density at radius 1 is 1.16 bits per heavy atom. The summed E-state index contributed by atoms with van der Waals surface area (Å²) in [5.74, 6) is -0.0963. The number of ether oxygens (including phenoxy) is 1. The first-order valence-electron chi connectivity index (χ1n) is 7.71. The number of hydrogen-bond acceptors (Lipinski definition) is 4. The SMILES string of the molecule is CN(CCOc1ccc(Cl)cc1)CC(=O)Nc1ccccc1C(N)=O. The summed E-state index contributed by atoms with van der Waals surface area (Å²) in [4.78, 5) is 25.3. The van der Waals surface area contributed by atoms with E-state index in [1.54, 1.807) is 48.5 Å². The fraction of sp³-hybridized carbons (Fsp3) is 0.222. The molecule has 0 unspecified atom stereocenters. The van der Waals surface area contributed by atoms with E-state index >= 15 is 0 Å². The van der Waals surface area contributed by atoms with Crippen LogP contribution in [-0.2, 0) is 4.79 Å². The predicted molar refractivity (Wildman–Crippen MR) is 98.0 cm³/mol. The lowest BCUT2D eigenvalue weighted by atomic mass is 10.1. The summed E-state index contributed by atoms with van der Waals surface area (Å²) in [7, 11) is 1.81. The number of nitrogens with two attached hydrogens (primary N) is 1. The minimum atomic E-state index is -0.583. The van der Waals surface area contributed by atoms with Crippen LogP contribution in [0, 0.1) is 0 Å². The molecule has 2 amide bonds. The molecule has 0 aliphatic carbocycles. The number of anilines is 1. The molecule has 0 atom stereocenters. The Balaban J connectivity index is 1.78. The zero-order valence-corrected chi connectivity index (χ0v) is 14.6. The van der Waals surface area contributed by atoms with Crippen molar-refractivity contribution in [3.63, 3.8) is 0 Å². The Morgan fingerprint density at radius 2 is 1.84 bits per heavy atom. The molecule has 132 valence electrons. The number of halogens is 1. The normalized spacial score (nSPS) is 10.5. The van der Waals surface area contributed by atoms with E-state index in [0.717, 1.165) is 5.75 Å². The molecular formula is C18H20ClN3O3. The van der Waals surface area contributed by atoms with Gasteiger partial charge in [-0.3, -0.25) is 14.5 Å². The number of primary amides is 1. The lowest BCUT2D eigenvalue weighted by Crippen LogP contribution is -2.33. The molecule has 0 saturated heterocycles. The van der Waals surface area contributed by atoms with Crippen LogP contribution in [0.5, 0.6) is 5.75 Å². The number of rotatable bonds is 8. The van der Waals surface area contributed by atoms with Crippen LogP contribution >= 0.6 is 11.6 Å². The van der Waals surface area contributed by atoms with Crippen molar-refractivity contribution in [2.45, 2.75) is 0 Å². The summed E-state index contributed by atoms with van der Waals surface area (Å²) in [6, 6.07) is 13.7. The Morgan fingerprint density at radius 3 is 2.52 bits per heavy atom. The number of hydrogen-bond donors (Lipinski definition) is 2. The molecule has 2 aromatic carbocycles. The number of para-hydroxylation sites is 1. The summed E-state index contributed by atoms with van der Waals surface area (Å²) in [5, 5.41) is 3.35. The molecule has 0 saturated carbocycles. The molecule has 3 N–H and O–H groups in total. The highest BCUT2D eigenvalue weighted by Gasteiger charge is 2.12. The van der Waals surface area contributed by atoms with Crippen molar-refractivity contribution in [1.29, 1.82) is 0 Å². The first kappa shape index (κ1) is 18.8. The quantitative estimate of drug-likeness (QED) is 0.756. The van der Waals surface area contributed by atoms with Crippen LogP contribution < -0.4 is 15.8 Å². The first-order chi connectivity index (χ1) is 12.0. The standard InChI is InChI=1S/C18H20ClN3O3/c1-22(10-11-25-14-8-6-13(19)7-9-14)12-17(23)21-16-5-3-2-4-15(16)18(20)24/h2-9H,10-12H2,1H3,(H2,20,24)(H,21,23). The highest BCUT2D eigenvalue weighted by atomic mass is 35.5. The third-order valence-corrected chi connectivity index (χ3v) is 3.69. The van der Waals surface area contributed by atoms with Gasteiger partial charge in [0, 0.05) is 11.6 Å². The second-order valence-corrected chi connectivity index (χ2v) is 5.93. The maximum atomic E-state index is 12.1. The van der Waals surface area contributed by atoms with Gasteiger partial charge in [-0.2, -0.15) is 0 Å².